The van der Waals surface area contributed by atoms with Gasteiger partial charge >= 0.3 is 0 Å². The highest BCUT2D eigenvalue weighted by Crippen LogP contribution is 2.15. The zero-order valence-electron chi connectivity index (χ0n) is 9.22. The SMILES string of the molecule is Cc1cc(NC(=O)CC2CNC2)ccc1F. The molecule has 1 amide bonds. The van der Waals surface area contributed by atoms with Crippen LogP contribution in [0, 0.1) is 18.7 Å². The van der Waals surface area contributed by atoms with Crippen LogP contribution in [0.4, 0.5) is 10.1 Å². The Kier molecular flexibility index (Phi) is 3.19. The van der Waals surface area contributed by atoms with Crippen LogP contribution in [0.2, 0.25) is 0 Å². The topological polar surface area (TPSA) is 41.1 Å². The summed E-state index contributed by atoms with van der Waals surface area (Å²) in [5.41, 5.74) is 1.21. The van der Waals surface area contributed by atoms with Gasteiger partial charge in [-0.05, 0) is 49.7 Å². The van der Waals surface area contributed by atoms with Crippen LogP contribution in [0.25, 0.3) is 0 Å². The van der Waals surface area contributed by atoms with Gasteiger partial charge in [0.25, 0.3) is 0 Å². The minimum absolute atomic E-state index is 0.00231. The van der Waals surface area contributed by atoms with Gasteiger partial charge in [-0.1, -0.05) is 0 Å². The van der Waals surface area contributed by atoms with E-state index in [0.29, 0.717) is 23.6 Å². The number of hydrogen-bond acceptors (Lipinski definition) is 2. The van der Waals surface area contributed by atoms with Crippen molar-refractivity contribution in [2.45, 2.75) is 13.3 Å². The maximum Gasteiger partial charge on any atom is 0.224 e. The Morgan fingerprint density at radius 3 is 2.88 bits per heavy atom. The Labute approximate surface area is 94.0 Å². The van der Waals surface area contributed by atoms with Crippen LogP contribution < -0.4 is 10.6 Å². The van der Waals surface area contributed by atoms with Crippen molar-refractivity contribution in [3.8, 4) is 0 Å². The monoisotopic (exact) mass is 222 g/mol. The number of nitrogens with one attached hydrogen (secondary N) is 2. The van der Waals surface area contributed by atoms with Crippen molar-refractivity contribution in [2.75, 3.05) is 18.4 Å². The van der Waals surface area contributed by atoms with Gasteiger partial charge in [-0.25, -0.2) is 4.39 Å². The molecule has 1 heterocycles. The summed E-state index contributed by atoms with van der Waals surface area (Å²) in [4.78, 5) is 11.6. The molecule has 1 aliphatic heterocycles. The number of carbonyl (C=O) groups excluding carboxylic acids is 1. The molecule has 0 saturated carbocycles. The summed E-state index contributed by atoms with van der Waals surface area (Å²) in [6.07, 6.45) is 0.531. The summed E-state index contributed by atoms with van der Waals surface area (Å²) < 4.78 is 13.0. The summed E-state index contributed by atoms with van der Waals surface area (Å²) in [5.74, 6) is 0.195. The van der Waals surface area contributed by atoms with Crippen molar-refractivity contribution < 1.29 is 9.18 Å². The largest absolute Gasteiger partial charge is 0.326 e. The van der Waals surface area contributed by atoms with Gasteiger partial charge < -0.3 is 10.6 Å². The molecule has 0 spiro atoms. The molecule has 0 aromatic heterocycles. The number of anilines is 1. The molecule has 1 aromatic carbocycles. The van der Waals surface area contributed by atoms with E-state index >= 15 is 0 Å². The number of benzene rings is 1. The quantitative estimate of drug-likeness (QED) is 0.817. The fourth-order valence-electron chi connectivity index (χ4n) is 1.69. The molecule has 4 heteroatoms. The van der Waals surface area contributed by atoms with Crippen molar-refractivity contribution in [1.29, 1.82) is 0 Å². The summed E-state index contributed by atoms with van der Waals surface area (Å²) >= 11 is 0. The van der Waals surface area contributed by atoms with Gasteiger partial charge in [-0.15, -0.1) is 0 Å². The average molecular weight is 222 g/mol. The normalized spacial score (nSPS) is 15.6. The molecule has 1 saturated heterocycles. The number of amides is 1. The summed E-state index contributed by atoms with van der Waals surface area (Å²) in [6, 6.07) is 4.60. The molecular formula is C12H15FN2O. The summed E-state index contributed by atoms with van der Waals surface area (Å²) in [7, 11) is 0. The lowest BCUT2D eigenvalue weighted by atomic mass is 9.99. The van der Waals surface area contributed by atoms with E-state index in [4.69, 9.17) is 0 Å². The van der Waals surface area contributed by atoms with E-state index in [0.717, 1.165) is 13.1 Å². The van der Waals surface area contributed by atoms with E-state index in [9.17, 15) is 9.18 Å². The van der Waals surface area contributed by atoms with Crippen LogP contribution in [0.1, 0.15) is 12.0 Å². The van der Waals surface area contributed by atoms with Gasteiger partial charge in [0, 0.05) is 12.1 Å². The van der Waals surface area contributed by atoms with Gasteiger partial charge in [-0.2, -0.15) is 0 Å². The third-order valence-electron chi connectivity index (χ3n) is 2.78. The van der Waals surface area contributed by atoms with Crippen molar-refractivity contribution in [3.63, 3.8) is 0 Å². The molecule has 86 valence electrons. The van der Waals surface area contributed by atoms with E-state index < -0.39 is 0 Å². The molecule has 2 rings (SSSR count). The maximum absolute atomic E-state index is 13.0. The van der Waals surface area contributed by atoms with Crippen molar-refractivity contribution in [3.05, 3.63) is 29.6 Å². The molecule has 1 fully saturated rings. The van der Waals surface area contributed by atoms with Gasteiger partial charge in [0.15, 0.2) is 0 Å². The Morgan fingerprint density at radius 1 is 1.56 bits per heavy atom. The zero-order chi connectivity index (χ0) is 11.5. The van der Waals surface area contributed by atoms with E-state index in [-0.39, 0.29) is 11.7 Å². The van der Waals surface area contributed by atoms with Gasteiger partial charge in [0.2, 0.25) is 5.91 Å². The van der Waals surface area contributed by atoms with Crippen LogP contribution in [-0.2, 0) is 4.79 Å². The third-order valence-corrected chi connectivity index (χ3v) is 2.78. The first-order valence-electron chi connectivity index (χ1n) is 5.42. The molecule has 16 heavy (non-hydrogen) atoms. The van der Waals surface area contributed by atoms with E-state index in [1.807, 2.05) is 0 Å². The average Bonchev–Trinajstić information content (AvgIpc) is 2.18. The van der Waals surface area contributed by atoms with Crippen LogP contribution >= 0.6 is 0 Å². The minimum Gasteiger partial charge on any atom is -0.326 e. The lowest BCUT2D eigenvalue weighted by Gasteiger charge is -2.26. The molecule has 0 radical (unpaired) electrons. The second-order valence-corrected chi connectivity index (χ2v) is 4.24. The molecule has 1 aliphatic rings. The predicted octanol–water partition coefficient (Wildman–Crippen LogP) is 1.68. The minimum atomic E-state index is -0.249. The maximum atomic E-state index is 13.0. The predicted molar refractivity (Wildman–Crippen MR) is 60.7 cm³/mol. The number of halogens is 1. The Bertz CT molecular complexity index is 402. The molecule has 2 N–H and O–H groups in total. The van der Waals surface area contributed by atoms with Crippen molar-refractivity contribution >= 4 is 11.6 Å². The lowest BCUT2D eigenvalue weighted by molar-refractivity contribution is -0.117. The highest BCUT2D eigenvalue weighted by Gasteiger charge is 2.20. The van der Waals surface area contributed by atoms with E-state index in [2.05, 4.69) is 10.6 Å². The fraction of sp³-hybridized carbons (Fsp3) is 0.417. The number of rotatable bonds is 3. The highest BCUT2D eigenvalue weighted by atomic mass is 19.1. The smallest absolute Gasteiger partial charge is 0.224 e. The van der Waals surface area contributed by atoms with Gasteiger partial charge in [0.05, 0.1) is 0 Å². The van der Waals surface area contributed by atoms with Crippen LogP contribution in [-0.4, -0.2) is 19.0 Å². The van der Waals surface area contributed by atoms with E-state index in [1.165, 1.54) is 6.07 Å². The number of carbonyl (C=O) groups is 1. The van der Waals surface area contributed by atoms with Crippen LogP contribution in [0.5, 0.6) is 0 Å². The zero-order valence-corrected chi connectivity index (χ0v) is 9.22. The van der Waals surface area contributed by atoms with Crippen molar-refractivity contribution in [1.82, 2.24) is 5.32 Å². The summed E-state index contributed by atoms with van der Waals surface area (Å²) in [6.45, 7) is 3.51. The van der Waals surface area contributed by atoms with E-state index in [1.54, 1.807) is 19.1 Å². The molecule has 0 unspecified atom stereocenters. The van der Waals surface area contributed by atoms with Gasteiger partial charge in [-0.3, -0.25) is 4.79 Å². The third kappa shape index (κ3) is 2.58. The molecular weight excluding hydrogens is 207 g/mol. The molecule has 3 nitrogen and oxygen atoms in total. The first kappa shape index (κ1) is 11.1. The molecule has 0 atom stereocenters. The van der Waals surface area contributed by atoms with Crippen molar-refractivity contribution in [2.24, 2.45) is 5.92 Å². The second-order valence-electron chi connectivity index (χ2n) is 4.24. The second kappa shape index (κ2) is 4.61. The first-order chi connectivity index (χ1) is 7.65. The Morgan fingerprint density at radius 2 is 2.31 bits per heavy atom. The molecule has 1 aromatic rings. The number of aryl methyl sites for hydroxylation is 1. The highest BCUT2D eigenvalue weighted by molar-refractivity contribution is 5.91. The standard InChI is InChI=1S/C12H15FN2O/c1-8-4-10(2-3-11(8)13)15-12(16)5-9-6-14-7-9/h2-4,9,14H,5-7H2,1H3,(H,15,16). The first-order valence-corrected chi connectivity index (χ1v) is 5.42. The Balaban J connectivity index is 1.92. The van der Waals surface area contributed by atoms with Crippen LogP contribution in [0.3, 0.4) is 0 Å². The Hall–Kier alpha value is -1.42. The lowest BCUT2D eigenvalue weighted by Crippen LogP contribution is -2.43. The number of hydrogen-bond donors (Lipinski definition) is 2. The molecule has 0 bridgehead atoms. The van der Waals surface area contributed by atoms with Gasteiger partial charge in [0.1, 0.15) is 5.82 Å². The van der Waals surface area contributed by atoms with Crippen LogP contribution in [0.15, 0.2) is 18.2 Å². The molecule has 0 aliphatic carbocycles. The fourth-order valence-corrected chi connectivity index (χ4v) is 1.69. The summed E-state index contributed by atoms with van der Waals surface area (Å²) in [5, 5.41) is 5.89.